The van der Waals surface area contributed by atoms with Gasteiger partial charge in [-0.15, -0.1) is 0 Å². The monoisotopic (exact) mass is 322 g/mol. The summed E-state index contributed by atoms with van der Waals surface area (Å²) < 4.78 is 8.86. The van der Waals surface area contributed by atoms with Crippen molar-refractivity contribution in [1.29, 1.82) is 0 Å². The van der Waals surface area contributed by atoms with Crippen LogP contribution in [0.1, 0.15) is 35.6 Å². The molecular weight excluding hydrogens is 296 g/mol. The van der Waals surface area contributed by atoms with E-state index in [0.29, 0.717) is 25.9 Å². The van der Waals surface area contributed by atoms with E-state index in [2.05, 4.69) is 10.2 Å². The van der Waals surface area contributed by atoms with E-state index < -0.39 is 12.6 Å². The average Bonchev–Trinajstić information content (AvgIpc) is 2.95. The molecule has 0 saturated carbocycles. The minimum absolute atomic E-state index is 0.374. The third-order valence-electron chi connectivity index (χ3n) is 3.70. The molecule has 2 rings (SSSR count). The van der Waals surface area contributed by atoms with Gasteiger partial charge in [0, 0.05) is 37.3 Å². The molecule has 0 saturated heterocycles. The first-order valence-electron chi connectivity index (χ1n) is 7.89. The van der Waals surface area contributed by atoms with Gasteiger partial charge in [0.25, 0.3) is 0 Å². The largest absolute Gasteiger partial charge is 0.368 e. The fourth-order valence-corrected chi connectivity index (χ4v) is 2.59. The lowest BCUT2D eigenvalue weighted by Crippen LogP contribution is -2.25. The third kappa shape index (κ3) is 5.16. The Morgan fingerprint density at radius 2 is 1.26 bits per heavy atom. The van der Waals surface area contributed by atoms with E-state index in [0.717, 1.165) is 22.8 Å². The molecule has 0 radical (unpaired) electrons. The van der Waals surface area contributed by atoms with E-state index in [1.54, 1.807) is 0 Å². The van der Waals surface area contributed by atoms with Gasteiger partial charge in [-0.2, -0.15) is 10.2 Å². The summed E-state index contributed by atoms with van der Waals surface area (Å²) in [5.41, 5.74) is 3.98. The zero-order valence-electron chi connectivity index (χ0n) is 14.2. The Labute approximate surface area is 136 Å². The molecule has 7 nitrogen and oxygen atoms in total. The van der Waals surface area contributed by atoms with Crippen molar-refractivity contribution >= 4 is 0 Å². The second kappa shape index (κ2) is 7.72. The molecule has 2 aromatic heterocycles. The highest BCUT2D eigenvalue weighted by Crippen LogP contribution is 2.09. The maximum Gasteiger partial charge on any atom is 0.159 e. The first-order valence-corrected chi connectivity index (χ1v) is 7.89. The minimum Gasteiger partial charge on any atom is -0.368 e. The maximum atomic E-state index is 9.89. The molecule has 7 heteroatoms. The van der Waals surface area contributed by atoms with E-state index in [1.165, 1.54) is 0 Å². The number of ether oxygens (including phenoxy) is 1. The molecular formula is C16H26N4O3. The summed E-state index contributed by atoms with van der Waals surface area (Å²) in [6.07, 6.45) is -1.29. The van der Waals surface area contributed by atoms with Crippen molar-refractivity contribution in [3.8, 4) is 0 Å². The summed E-state index contributed by atoms with van der Waals surface area (Å²) >= 11 is 0. The molecule has 0 fully saturated rings. The molecule has 2 atom stereocenters. The third-order valence-corrected chi connectivity index (χ3v) is 3.70. The van der Waals surface area contributed by atoms with Crippen molar-refractivity contribution < 1.29 is 14.9 Å². The van der Waals surface area contributed by atoms with Crippen LogP contribution in [0.3, 0.4) is 0 Å². The number of aliphatic hydroxyl groups excluding tert-OH is 2. The topological polar surface area (TPSA) is 85.3 Å². The van der Waals surface area contributed by atoms with Gasteiger partial charge in [0.15, 0.2) is 12.6 Å². The summed E-state index contributed by atoms with van der Waals surface area (Å²) in [6.45, 7) is 8.89. The van der Waals surface area contributed by atoms with Crippen LogP contribution < -0.4 is 0 Å². The predicted molar refractivity (Wildman–Crippen MR) is 85.7 cm³/mol. The Hall–Kier alpha value is -1.70. The molecule has 23 heavy (non-hydrogen) atoms. The molecule has 0 aromatic carbocycles. The van der Waals surface area contributed by atoms with Crippen LogP contribution in [0.2, 0.25) is 0 Å². The molecule has 0 aliphatic rings. The van der Waals surface area contributed by atoms with Crippen molar-refractivity contribution in [3.63, 3.8) is 0 Å². The highest BCUT2D eigenvalue weighted by Gasteiger charge is 2.13. The van der Waals surface area contributed by atoms with Crippen LogP contribution in [-0.2, 0) is 17.8 Å². The van der Waals surface area contributed by atoms with Crippen LogP contribution in [0.25, 0.3) is 0 Å². The molecule has 0 aliphatic heterocycles. The van der Waals surface area contributed by atoms with Gasteiger partial charge < -0.3 is 14.9 Å². The van der Waals surface area contributed by atoms with Crippen molar-refractivity contribution in [1.82, 2.24) is 19.6 Å². The lowest BCUT2D eigenvalue weighted by atomic mass is 10.3. The SMILES string of the molecule is Cc1cc(C)n(CCC(O)OC(O)CCn2nc(C)cc2C)n1. The highest BCUT2D eigenvalue weighted by atomic mass is 16.7. The molecule has 0 amide bonds. The second-order valence-corrected chi connectivity index (χ2v) is 5.92. The number of aromatic nitrogens is 4. The van der Waals surface area contributed by atoms with Crippen LogP contribution in [0, 0.1) is 27.7 Å². The van der Waals surface area contributed by atoms with Crippen LogP contribution in [-0.4, -0.2) is 42.4 Å². The smallest absolute Gasteiger partial charge is 0.159 e. The van der Waals surface area contributed by atoms with E-state index in [1.807, 2.05) is 49.2 Å². The van der Waals surface area contributed by atoms with Crippen LogP contribution >= 0.6 is 0 Å². The Bertz CT molecular complexity index is 581. The quantitative estimate of drug-likeness (QED) is 0.719. The van der Waals surface area contributed by atoms with E-state index in [9.17, 15) is 10.2 Å². The number of rotatable bonds is 8. The number of nitrogens with zero attached hydrogens (tertiary/aromatic N) is 4. The summed E-state index contributed by atoms with van der Waals surface area (Å²) in [5, 5.41) is 28.4. The average molecular weight is 322 g/mol. The highest BCUT2D eigenvalue weighted by molar-refractivity contribution is 5.07. The van der Waals surface area contributed by atoms with Gasteiger partial charge in [-0.1, -0.05) is 0 Å². The van der Waals surface area contributed by atoms with Crippen LogP contribution in [0.15, 0.2) is 12.1 Å². The zero-order chi connectivity index (χ0) is 17.0. The van der Waals surface area contributed by atoms with Crippen molar-refractivity contribution in [2.45, 2.75) is 66.2 Å². The van der Waals surface area contributed by atoms with Gasteiger partial charge in [0.05, 0.1) is 11.4 Å². The molecule has 2 N–H and O–H groups in total. The van der Waals surface area contributed by atoms with Gasteiger partial charge in [-0.05, 0) is 39.8 Å². The minimum atomic E-state index is -1.02. The molecule has 2 heterocycles. The van der Waals surface area contributed by atoms with Gasteiger partial charge in [-0.3, -0.25) is 9.36 Å². The lowest BCUT2D eigenvalue weighted by molar-refractivity contribution is -0.213. The number of aliphatic hydroxyl groups is 2. The lowest BCUT2D eigenvalue weighted by Gasteiger charge is -2.17. The van der Waals surface area contributed by atoms with Crippen molar-refractivity contribution in [3.05, 3.63) is 34.9 Å². The number of aryl methyl sites for hydroxylation is 6. The summed E-state index contributed by atoms with van der Waals surface area (Å²) in [7, 11) is 0. The van der Waals surface area contributed by atoms with Gasteiger partial charge >= 0.3 is 0 Å². The Kier molecular flexibility index (Phi) is 5.92. The van der Waals surface area contributed by atoms with E-state index in [4.69, 9.17) is 4.74 Å². The molecule has 0 aliphatic carbocycles. The standard InChI is InChI=1S/C16H26N4O3/c1-11-9-13(3)19(17-11)7-5-15(21)23-16(22)6-8-20-14(4)10-12(2)18-20/h9-10,15-16,21-22H,5-8H2,1-4H3. The Balaban J connectivity index is 1.73. The molecule has 128 valence electrons. The van der Waals surface area contributed by atoms with Crippen LogP contribution in [0.4, 0.5) is 0 Å². The summed E-state index contributed by atoms with van der Waals surface area (Å²) in [4.78, 5) is 0. The molecule has 2 aromatic rings. The van der Waals surface area contributed by atoms with Crippen LogP contribution in [0.5, 0.6) is 0 Å². The van der Waals surface area contributed by atoms with E-state index in [-0.39, 0.29) is 0 Å². The molecule has 0 bridgehead atoms. The molecule has 2 unspecified atom stereocenters. The zero-order valence-corrected chi connectivity index (χ0v) is 14.2. The Morgan fingerprint density at radius 1 is 0.870 bits per heavy atom. The number of hydrogen-bond donors (Lipinski definition) is 2. The van der Waals surface area contributed by atoms with Crippen molar-refractivity contribution in [2.75, 3.05) is 0 Å². The Morgan fingerprint density at radius 3 is 1.57 bits per heavy atom. The number of hydrogen-bond acceptors (Lipinski definition) is 5. The van der Waals surface area contributed by atoms with Gasteiger partial charge in [-0.25, -0.2) is 0 Å². The fraction of sp³-hybridized carbons (Fsp3) is 0.625. The first kappa shape index (κ1) is 17.7. The van der Waals surface area contributed by atoms with E-state index >= 15 is 0 Å². The van der Waals surface area contributed by atoms with Gasteiger partial charge in [0.1, 0.15) is 0 Å². The normalized spacial score (nSPS) is 14.2. The summed E-state index contributed by atoms with van der Waals surface area (Å²) in [6, 6.07) is 3.97. The first-order chi connectivity index (χ1) is 10.8. The fourth-order valence-electron chi connectivity index (χ4n) is 2.59. The van der Waals surface area contributed by atoms with Crippen molar-refractivity contribution in [2.24, 2.45) is 0 Å². The molecule has 0 spiro atoms. The predicted octanol–water partition coefficient (Wildman–Crippen LogP) is 1.45. The van der Waals surface area contributed by atoms with Gasteiger partial charge in [0.2, 0.25) is 0 Å². The second-order valence-electron chi connectivity index (χ2n) is 5.92. The maximum absolute atomic E-state index is 9.89. The summed E-state index contributed by atoms with van der Waals surface area (Å²) in [5.74, 6) is 0.